The molecular weight excluding hydrogens is 699 g/mol. The maximum Gasteiger partial charge on any atom is 0.338 e. The fourth-order valence-electron chi connectivity index (χ4n) is 5.86. The van der Waals surface area contributed by atoms with Crippen molar-refractivity contribution in [2.75, 3.05) is 20.3 Å². The summed E-state index contributed by atoms with van der Waals surface area (Å²) in [4.78, 5) is 44.4. The highest BCUT2D eigenvalue weighted by molar-refractivity contribution is 7.07. The lowest BCUT2D eigenvalue weighted by atomic mass is 9.96. The molecule has 0 unspecified atom stereocenters. The molecule has 5 aromatic rings. The molecule has 2 heterocycles. The lowest BCUT2D eigenvalue weighted by Crippen LogP contribution is -2.35. The summed E-state index contributed by atoms with van der Waals surface area (Å²) in [5.41, 5.74) is 2.35. The van der Waals surface area contributed by atoms with Gasteiger partial charge in [-0.15, -0.1) is 0 Å². The van der Waals surface area contributed by atoms with Crippen molar-refractivity contribution in [3.8, 4) is 23.0 Å². The first kappa shape index (κ1) is 36.6. The minimum absolute atomic E-state index is 0.111. The van der Waals surface area contributed by atoms with E-state index >= 15 is 0 Å². The van der Waals surface area contributed by atoms with E-state index in [0.717, 1.165) is 22.5 Å². The highest BCUT2D eigenvalue weighted by Gasteiger charge is 2.32. The van der Waals surface area contributed by atoms with Crippen LogP contribution in [0.4, 0.5) is 5.69 Å². The van der Waals surface area contributed by atoms with Crippen molar-refractivity contribution in [3.63, 3.8) is 0 Å². The maximum absolute atomic E-state index is 14.0. The van der Waals surface area contributed by atoms with Crippen LogP contribution in [0.25, 0.3) is 11.8 Å². The predicted molar refractivity (Wildman–Crippen MR) is 200 cm³/mol. The van der Waals surface area contributed by atoms with Crippen molar-refractivity contribution in [2.45, 2.75) is 40.0 Å². The maximum atomic E-state index is 14.0. The molecule has 0 spiro atoms. The second kappa shape index (κ2) is 16.4. The number of fused-ring (bicyclic) bond motifs is 1. The molecule has 4 aromatic carbocycles. The van der Waals surface area contributed by atoms with E-state index in [2.05, 4.69) is 0 Å². The molecule has 0 fully saturated rings. The fraction of sp³-hybridized carbons (Fsp3) is 0.225. The number of hydrogen-bond acceptors (Lipinski definition) is 11. The molecule has 0 amide bonds. The smallest absolute Gasteiger partial charge is 0.338 e. The predicted octanol–water partition coefficient (Wildman–Crippen LogP) is 6.38. The molecule has 0 saturated carbocycles. The first-order valence-electron chi connectivity index (χ1n) is 16.9. The molecular formula is C40H37N3O9S. The third kappa shape index (κ3) is 8.00. The number of allylic oxidation sites excluding steroid dienone is 1. The highest BCUT2D eigenvalue weighted by Crippen LogP contribution is 2.38. The van der Waals surface area contributed by atoms with Crippen molar-refractivity contribution < 1.29 is 33.4 Å². The summed E-state index contributed by atoms with van der Waals surface area (Å²) < 4.78 is 30.4. The standard InChI is InChI=1S/C40H37N3O9S/c1-5-49-33-19-28(17-18-31(33)51-23-26-13-9-7-10-14-26)37-36(39(45)50-6-2)25(3)42-38(44)35(53-40(42)41-37)21-29-20-32(48-4)34(22-30(29)43(46)47)52-24-27-15-11-8-12-16-27/h7-22,37H,5-6,23-24H2,1-4H3/b35-21-/t37-/m0/s1. The van der Waals surface area contributed by atoms with Crippen LogP contribution < -0.4 is 33.8 Å². The Balaban J connectivity index is 1.42. The normalized spacial score (nSPS) is 13.9. The van der Waals surface area contributed by atoms with Gasteiger partial charge in [0.2, 0.25) is 0 Å². The molecule has 272 valence electrons. The Morgan fingerprint density at radius 1 is 0.868 bits per heavy atom. The average molecular weight is 736 g/mol. The van der Waals surface area contributed by atoms with Gasteiger partial charge in [-0.3, -0.25) is 19.5 Å². The molecule has 12 nitrogen and oxygen atoms in total. The van der Waals surface area contributed by atoms with E-state index in [1.807, 2.05) is 67.6 Å². The Hall–Kier alpha value is -6.21. The minimum Gasteiger partial charge on any atom is -0.493 e. The zero-order chi connectivity index (χ0) is 37.5. The van der Waals surface area contributed by atoms with E-state index in [-0.39, 0.29) is 46.1 Å². The largest absolute Gasteiger partial charge is 0.493 e. The second-order valence-corrected chi connectivity index (χ2v) is 12.8. The summed E-state index contributed by atoms with van der Waals surface area (Å²) >= 11 is 1.05. The molecule has 1 atom stereocenters. The third-order valence-corrected chi connectivity index (χ3v) is 9.38. The van der Waals surface area contributed by atoms with Gasteiger partial charge < -0.3 is 23.7 Å². The van der Waals surface area contributed by atoms with Gasteiger partial charge in [0.15, 0.2) is 27.8 Å². The van der Waals surface area contributed by atoms with Crippen LogP contribution in [0, 0.1) is 10.1 Å². The zero-order valence-corrected chi connectivity index (χ0v) is 30.4. The van der Waals surface area contributed by atoms with Gasteiger partial charge in [-0.2, -0.15) is 0 Å². The van der Waals surface area contributed by atoms with Crippen molar-refractivity contribution >= 4 is 34.8 Å². The number of carbonyl (C=O) groups excluding carboxylic acids is 1. The second-order valence-electron chi connectivity index (χ2n) is 11.8. The Morgan fingerprint density at radius 3 is 2.11 bits per heavy atom. The van der Waals surface area contributed by atoms with Crippen molar-refractivity contribution in [2.24, 2.45) is 4.99 Å². The van der Waals surface area contributed by atoms with Gasteiger partial charge in [-0.05, 0) is 61.7 Å². The monoisotopic (exact) mass is 735 g/mol. The number of hydrogen-bond donors (Lipinski definition) is 0. The molecule has 1 aliphatic heterocycles. The molecule has 0 aliphatic carbocycles. The van der Waals surface area contributed by atoms with Crippen LogP contribution in [-0.4, -0.2) is 35.8 Å². The van der Waals surface area contributed by atoms with Crippen LogP contribution in [0.1, 0.15) is 49.1 Å². The molecule has 0 saturated heterocycles. The number of thiazole rings is 1. The molecule has 13 heteroatoms. The highest BCUT2D eigenvalue weighted by atomic mass is 32.1. The summed E-state index contributed by atoms with van der Waals surface area (Å²) in [6, 6.07) is 26.4. The lowest BCUT2D eigenvalue weighted by molar-refractivity contribution is -0.385. The van der Waals surface area contributed by atoms with Crippen LogP contribution in [0.3, 0.4) is 0 Å². The van der Waals surface area contributed by atoms with Crippen molar-refractivity contribution in [3.05, 3.63) is 149 Å². The number of nitrogens with zero attached hydrogens (tertiary/aromatic N) is 3. The molecule has 1 aromatic heterocycles. The first-order chi connectivity index (χ1) is 25.7. The molecule has 1 aliphatic rings. The van der Waals surface area contributed by atoms with Gasteiger partial charge in [0, 0.05) is 5.70 Å². The van der Waals surface area contributed by atoms with Crippen molar-refractivity contribution in [1.82, 2.24) is 4.57 Å². The van der Waals surface area contributed by atoms with Gasteiger partial charge in [0.05, 0.1) is 47.0 Å². The summed E-state index contributed by atoms with van der Waals surface area (Å²) in [5, 5.41) is 12.3. The molecule has 6 rings (SSSR count). The summed E-state index contributed by atoms with van der Waals surface area (Å²) in [6.45, 7) is 6.19. The Kier molecular flexibility index (Phi) is 11.3. The number of aromatic nitrogens is 1. The van der Waals surface area contributed by atoms with Gasteiger partial charge in [-0.25, -0.2) is 9.79 Å². The van der Waals surface area contributed by atoms with Crippen LogP contribution in [0.15, 0.2) is 106 Å². The molecule has 0 bridgehead atoms. The number of methoxy groups -OCH3 is 1. The van der Waals surface area contributed by atoms with E-state index in [1.165, 1.54) is 29.9 Å². The molecule has 0 N–H and O–H groups in total. The van der Waals surface area contributed by atoms with Crippen LogP contribution >= 0.6 is 11.3 Å². The Morgan fingerprint density at radius 2 is 1.51 bits per heavy atom. The third-order valence-electron chi connectivity index (χ3n) is 8.39. The Labute approximate surface area is 309 Å². The van der Waals surface area contributed by atoms with E-state index in [4.69, 9.17) is 28.7 Å². The molecule has 53 heavy (non-hydrogen) atoms. The number of esters is 1. The quantitative estimate of drug-likeness (QED) is 0.0722. The molecule has 0 radical (unpaired) electrons. The zero-order valence-electron chi connectivity index (χ0n) is 29.6. The van der Waals surface area contributed by atoms with Gasteiger partial charge in [0.1, 0.15) is 19.3 Å². The fourth-order valence-corrected chi connectivity index (χ4v) is 6.89. The van der Waals surface area contributed by atoms with Gasteiger partial charge in [-0.1, -0.05) is 78.1 Å². The topological polar surface area (TPSA) is 141 Å². The minimum atomic E-state index is -0.849. The van der Waals surface area contributed by atoms with Gasteiger partial charge in [0.25, 0.3) is 11.2 Å². The summed E-state index contributed by atoms with van der Waals surface area (Å²) in [5.74, 6) is 0.804. The number of rotatable bonds is 14. The average Bonchev–Trinajstić information content (AvgIpc) is 3.48. The van der Waals surface area contributed by atoms with Crippen LogP contribution in [-0.2, 0) is 22.7 Å². The number of nitro benzene ring substituents is 1. The van der Waals surface area contributed by atoms with E-state index in [0.29, 0.717) is 40.8 Å². The van der Waals surface area contributed by atoms with Gasteiger partial charge >= 0.3 is 5.97 Å². The van der Waals surface area contributed by atoms with Crippen LogP contribution in [0.5, 0.6) is 23.0 Å². The van der Waals surface area contributed by atoms with E-state index in [1.54, 1.807) is 32.0 Å². The number of nitro groups is 1. The van der Waals surface area contributed by atoms with Crippen molar-refractivity contribution in [1.29, 1.82) is 0 Å². The number of carbonyl (C=O) groups is 1. The van der Waals surface area contributed by atoms with E-state index in [9.17, 15) is 19.7 Å². The summed E-state index contributed by atoms with van der Waals surface area (Å²) in [7, 11) is 1.43. The first-order valence-corrected chi connectivity index (χ1v) is 17.7. The summed E-state index contributed by atoms with van der Waals surface area (Å²) in [6.07, 6.45) is 1.42. The number of benzene rings is 4. The lowest BCUT2D eigenvalue weighted by Gasteiger charge is -2.23. The Bertz CT molecular complexity index is 2350. The van der Waals surface area contributed by atoms with Crippen LogP contribution in [0.2, 0.25) is 0 Å². The van der Waals surface area contributed by atoms with E-state index < -0.39 is 22.5 Å². The SMILES string of the molecule is CCOC(=O)C1=C(C)n2c(s/c(=C\c3cc(OC)c(OCc4ccccc4)cc3[N+](=O)[O-])c2=O)=N[C@H]1c1ccc(OCc2ccccc2)c(OCC)c1. The number of ether oxygens (including phenoxy) is 5.